The smallest absolute Gasteiger partial charge is 0.260 e. The van der Waals surface area contributed by atoms with E-state index in [4.69, 9.17) is 9.47 Å². The number of nitrogens with zero attached hydrogens (tertiary/aromatic N) is 4. The third-order valence-electron chi connectivity index (χ3n) is 4.80. The minimum absolute atomic E-state index is 0. The molecule has 0 aliphatic carbocycles. The highest BCUT2D eigenvalue weighted by atomic mass is 35.5. The first-order valence-electron chi connectivity index (χ1n) is 9.65. The van der Waals surface area contributed by atoms with E-state index in [0.29, 0.717) is 51.9 Å². The zero-order valence-electron chi connectivity index (χ0n) is 17.5. The Morgan fingerprint density at radius 2 is 1.97 bits per heavy atom. The van der Waals surface area contributed by atoms with Crippen molar-refractivity contribution in [2.45, 2.75) is 13.0 Å². The Morgan fingerprint density at radius 3 is 2.69 bits per heavy atom. The van der Waals surface area contributed by atoms with E-state index in [1.54, 1.807) is 48.8 Å². The van der Waals surface area contributed by atoms with Crippen molar-refractivity contribution in [2.24, 2.45) is 0 Å². The number of carbonyl (C=O) groups is 1. The van der Waals surface area contributed by atoms with Crippen LogP contribution < -0.4 is 14.4 Å². The van der Waals surface area contributed by atoms with Gasteiger partial charge in [-0.05, 0) is 42.8 Å². The van der Waals surface area contributed by atoms with Crippen LogP contribution in [-0.4, -0.2) is 41.2 Å². The number of ether oxygens (including phenoxy) is 2. The van der Waals surface area contributed by atoms with Gasteiger partial charge in [0.2, 0.25) is 0 Å². The number of methoxy groups -OCH3 is 2. The number of hydrogen-bond donors (Lipinski definition) is 0. The van der Waals surface area contributed by atoms with Gasteiger partial charge < -0.3 is 14.0 Å². The first kappa shape index (κ1) is 23.5. The monoisotopic (exact) mass is 476 g/mol. The SMILES string of the molecule is COc1ccc(C(=O)N(CCCn2ccnc2)c2nc3ccc(F)cc3s2)cc1OC.Cl. The lowest BCUT2D eigenvalue weighted by Gasteiger charge is -2.20. The lowest BCUT2D eigenvalue weighted by molar-refractivity contribution is 0.0986. The van der Waals surface area contributed by atoms with Crippen LogP contribution in [0.2, 0.25) is 0 Å². The predicted octanol–water partition coefficient (Wildman–Crippen LogP) is 4.81. The highest BCUT2D eigenvalue weighted by molar-refractivity contribution is 7.22. The third kappa shape index (κ3) is 5.00. The van der Waals surface area contributed by atoms with E-state index in [-0.39, 0.29) is 24.1 Å². The molecule has 2 aromatic carbocycles. The van der Waals surface area contributed by atoms with Crippen molar-refractivity contribution in [3.63, 3.8) is 0 Å². The standard InChI is InChI=1S/C22H21FN4O3S.ClH/c1-29-18-7-4-15(12-19(18)30-2)21(28)27(10-3-9-26-11-8-24-14-26)22-25-17-6-5-16(23)13-20(17)31-22;/h4-8,11-14H,3,9-10H2,1-2H3;1H. The van der Waals surface area contributed by atoms with Crippen molar-refractivity contribution in [3.8, 4) is 11.5 Å². The lowest BCUT2D eigenvalue weighted by Crippen LogP contribution is -2.32. The summed E-state index contributed by atoms with van der Waals surface area (Å²) in [5.41, 5.74) is 1.10. The summed E-state index contributed by atoms with van der Waals surface area (Å²) < 4.78 is 26.9. The molecule has 2 heterocycles. The topological polar surface area (TPSA) is 69.5 Å². The average molecular weight is 477 g/mol. The molecule has 0 aliphatic heterocycles. The van der Waals surface area contributed by atoms with Crippen LogP contribution in [0.3, 0.4) is 0 Å². The van der Waals surface area contributed by atoms with Crippen molar-refractivity contribution in [1.82, 2.24) is 14.5 Å². The van der Waals surface area contributed by atoms with E-state index < -0.39 is 0 Å². The van der Waals surface area contributed by atoms with Crippen LogP contribution in [0.15, 0.2) is 55.1 Å². The fourth-order valence-corrected chi connectivity index (χ4v) is 4.26. The Hall–Kier alpha value is -3.17. The number of carbonyl (C=O) groups excluding carboxylic acids is 1. The molecule has 0 aliphatic rings. The van der Waals surface area contributed by atoms with E-state index >= 15 is 0 Å². The Labute approximate surface area is 194 Å². The van der Waals surface area contributed by atoms with Crippen LogP contribution in [0.1, 0.15) is 16.8 Å². The number of imidazole rings is 1. The fourth-order valence-electron chi connectivity index (χ4n) is 3.24. The number of hydrogen-bond acceptors (Lipinski definition) is 6. The van der Waals surface area contributed by atoms with Gasteiger partial charge in [0.15, 0.2) is 16.6 Å². The molecule has 0 spiro atoms. The highest BCUT2D eigenvalue weighted by Gasteiger charge is 2.22. The number of benzene rings is 2. The van der Waals surface area contributed by atoms with Gasteiger partial charge in [-0.1, -0.05) is 11.3 Å². The summed E-state index contributed by atoms with van der Waals surface area (Å²) >= 11 is 1.29. The zero-order chi connectivity index (χ0) is 21.8. The minimum Gasteiger partial charge on any atom is -0.493 e. The molecule has 168 valence electrons. The van der Waals surface area contributed by atoms with Gasteiger partial charge in [-0.15, -0.1) is 12.4 Å². The molecule has 10 heteroatoms. The van der Waals surface area contributed by atoms with Crippen LogP contribution in [0.5, 0.6) is 11.5 Å². The summed E-state index contributed by atoms with van der Waals surface area (Å²) in [6, 6.07) is 9.46. The molecule has 1 amide bonds. The van der Waals surface area contributed by atoms with Gasteiger partial charge in [-0.2, -0.15) is 0 Å². The molecule has 32 heavy (non-hydrogen) atoms. The van der Waals surface area contributed by atoms with E-state index in [1.165, 1.54) is 30.6 Å². The first-order valence-corrected chi connectivity index (χ1v) is 10.5. The molecule has 4 rings (SSSR count). The largest absolute Gasteiger partial charge is 0.493 e. The first-order chi connectivity index (χ1) is 15.1. The second-order valence-electron chi connectivity index (χ2n) is 6.79. The Morgan fingerprint density at radius 1 is 1.16 bits per heavy atom. The number of amides is 1. The molecule has 0 N–H and O–H groups in total. The molecule has 0 radical (unpaired) electrons. The molecule has 0 fully saturated rings. The molecule has 0 saturated carbocycles. The molecule has 0 atom stereocenters. The molecular weight excluding hydrogens is 455 g/mol. The van der Waals surface area contributed by atoms with Gasteiger partial charge in [0.05, 0.1) is 30.8 Å². The Bertz CT molecular complexity index is 1200. The third-order valence-corrected chi connectivity index (χ3v) is 5.84. The molecule has 7 nitrogen and oxygen atoms in total. The van der Waals surface area contributed by atoms with Crippen LogP contribution in [-0.2, 0) is 6.54 Å². The normalized spacial score (nSPS) is 10.6. The molecular formula is C22H22ClFN4O3S. The maximum atomic E-state index is 13.6. The second-order valence-corrected chi connectivity index (χ2v) is 7.80. The van der Waals surface area contributed by atoms with E-state index in [2.05, 4.69) is 9.97 Å². The van der Waals surface area contributed by atoms with E-state index in [9.17, 15) is 9.18 Å². The number of aromatic nitrogens is 3. The fraction of sp³-hybridized carbons (Fsp3) is 0.227. The van der Waals surface area contributed by atoms with Gasteiger partial charge >= 0.3 is 0 Å². The maximum absolute atomic E-state index is 13.6. The number of rotatable bonds is 8. The van der Waals surface area contributed by atoms with Crippen LogP contribution in [0.4, 0.5) is 9.52 Å². The lowest BCUT2D eigenvalue weighted by atomic mass is 10.1. The Kier molecular flexibility index (Phi) is 7.66. The van der Waals surface area contributed by atoms with Crippen molar-refractivity contribution in [2.75, 3.05) is 25.7 Å². The van der Waals surface area contributed by atoms with Crippen LogP contribution in [0.25, 0.3) is 10.2 Å². The van der Waals surface area contributed by atoms with Crippen molar-refractivity contribution in [3.05, 3.63) is 66.5 Å². The van der Waals surface area contributed by atoms with Crippen molar-refractivity contribution >= 4 is 45.0 Å². The highest BCUT2D eigenvalue weighted by Crippen LogP contribution is 2.32. The number of aryl methyl sites for hydroxylation is 1. The summed E-state index contributed by atoms with van der Waals surface area (Å²) in [6.07, 6.45) is 6.02. The molecule has 0 unspecified atom stereocenters. The summed E-state index contributed by atoms with van der Waals surface area (Å²) in [4.78, 5) is 23.7. The number of halogens is 2. The number of thiazole rings is 1. The van der Waals surface area contributed by atoms with Gasteiger partial charge in [0, 0.05) is 31.0 Å². The average Bonchev–Trinajstić information content (AvgIpc) is 3.45. The Balaban J connectivity index is 0.00000289. The summed E-state index contributed by atoms with van der Waals surface area (Å²) in [5, 5.41) is 0.519. The van der Waals surface area contributed by atoms with Gasteiger partial charge in [0.1, 0.15) is 5.82 Å². The van der Waals surface area contributed by atoms with Crippen LogP contribution >= 0.6 is 23.7 Å². The zero-order valence-corrected chi connectivity index (χ0v) is 19.2. The minimum atomic E-state index is -0.333. The molecule has 4 aromatic rings. The van der Waals surface area contributed by atoms with Gasteiger partial charge in [-0.3, -0.25) is 9.69 Å². The van der Waals surface area contributed by atoms with Crippen molar-refractivity contribution < 1.29 is 18.7 Å². The maximum Gasteiger partial charge on any atom is 0.260 e. The predicted molar refractivity (Wildman–Crippen MR) is 125 cm³/mol. The summed E-state index contributed by atoms with van der Waals surface area (Å²) in [6.45, 7) is 1.14. The second kappa shape index (κ2) is 10.4. The molecule has 2 aromatic heterocycles. The molecule has 0 bridgehead atoms. The number of fused-ring (bicyclic) bond motifs is 1. The van der Waals surface area contributed by atoms with Crippen molar-refractivity contribution in [1.29, 1.82) is 0 Å². The molecule has 0 saturated heterocycles. The van der Waals surface area contributed by atoms with Crippen LogP contribution in [0, 0.1) is 5.82 Å². The quantitative estimate of drug-likeness (QED) is 0.365. The van der Waals surface area contributed by atoms with Gasteiger partial charge in [0.25, 0.3) is 5.91 Å². The van der Waals surface area contributed by atoms with E-state index in [0.717, 1.165) is 0 Å². The van der Waals surface area contributed by atoms with E-state index in [1.807, 2.05) is 10.8 Å². The summed E-state index contributed by atoms with van der Waals surface area (Å²) in [5.74, 6) is 0.464. The summed E-state index contributed by atoms with van der Waals surface area (Å²) in [7, 11) is 3.07. The number of anilines is 1. The van der Waals surface area contributed by atoms with Gasteiger partial charge in [-0.25, -0.2) is 14.4 Å².